The van der Waals surface area contributed by atoms with Crippen molar-refractivity contribution >= 4 is 5.91 Å². The van der Waals surface area contributed by atoms with Crippen LogP contribution in [0.15, 0.2) is 109 Å². The van der Waals surface area contributed by atoms with E-state index in [0.29, 0.717) is 28.6 Å². The Hall–Kier alpha value is -4.91. The van der Waals surface area contributed by atoms with Crippen molar-refractivity contribution in [2.24, 2.45) is 0 Å². The quantitative estimate of drug-likeness (QED) is 0.210. The van der Waals surface area contributed by atoms with E-state index in [2.05, 4.69) is 0 Å². The molecule has 0 radical (unpaired) electrons. The molecule has 0 saturated carbocycles. The van der Waals surface area contributed by atoms with Crippen LogP contribution in [-0.4, -0.2) is 27.7 Å². The second kappa shape index (κ2) is 11.6. The maximum atomic E-state index is 14.7. The first-order valence-electron chi connectivity index (χ1n) is 12.6. The van der Waals surface area contributed by atoms with E-state index in [1.165, 1.54) is 12.1 Å². The molecule has 5 rings (SSSR count). The normalized spacial score (nSPS) is 10.7. The third kappa shape index (κ3) is 5.67. The molecule has 39 heavy (non-hydrogen) atoms. The standard InChI is InChI=1S/C32H28FN3O3/c1-23-27(22-35(21-24-13-5-3-6-14-24)31(37)26-17-9-10-18-28(26)33)32(36(34-23)25-15-7-4-8-16-25)39-30-20-12-11-19-29(30)38-2/h3-20H,21-22H2,1-2H3. The van der Waals surface area contributed by atoms with Crippen LogP contribution in [0.3, 0.4) is 0 Å². The molecule has 0 aliphatic rings. The Morgan fingerprint density at radius 2 is 1.44 bits per heavy atom. The maximum Gasteiger partial charge on any atom is 0.257 e. The van der Waals surface area contributed by atoms with Gasteiger partial charge in [-0.05, 0) is 48.9 Å². The molecule has 7 heteroatoms. The van der Waals surface area contributed by atoms with E-state index in [-0.39, 0.29) is 18.7 Å². The van der Waals surface area contributed by atoms with E-state index >= 15 is 0 Å². The summed E-state index contributed by atoms with van der Waals surface area (Å²) in [5.41, 5.74) is 3.11. The highest BCUT2D eigenvalue weighted by Crippen LogP contribution is 2.36. The molecule has 0 N–H and O–H groups in total. The lowest BCUT2D eigenvalue weighted by Gasteiger charge is -2.24. The van der Waals surface area contributed by atoms with Gasteiger partial charge in [0.2, 0.25) is 5.88 Å². The Morgan fingerprint density at radius 3 is 2.13 bits per heavy atom. The zero-order valence-corrected chi connectivity index (χ0v) is 21.8. The fraction of sp³-hybridized carbons (Fsp3) is 0.125. The molecule has 0 spiro atoms. The largest absolute Gasteiger partial charge is 0.493 e. The Morgan fingerprint density at radius 1 is 0.821 bits per heavy atom. The van der Waals surface area contributed by atoms with Crippen LogP contribution in [0.5, 0.6) is 17.4 Å². The number of halogens is 1. The Bertz CT molecular complexity index is 1570. The number of methoxy groups -OCH3 is 1. The highest BCUT2D eigenvalue weighted by Gasteiger charge is 2.26. The second-order valence-corrected chi connectivity index (χ2v) is 9.00. The topological polar surface area (TPSA) is 56.6 Å². The molecule has 1 heterocycles. The number of hydrogen-bond acceptors (Lipinski definition) is 4. The number of para-hydroxylation sites is 3. The molecule has 0 aliphatic heterocycles. The number of nitrogens with zero attached hydrogens (tertiary/aromatic N) is 3. The molecule has 1 aromatic heterocycles. The number of benzene rings is 4. The SMILES string of the molecule is COc1ccccc1Oc1c(CN(Cc2ccccc2)C(=O)c2ccccc2F)c(C)nn1-c1ccccc1. The predicted molar refractivity (Wildman–Crippen MR) is 148 cm³/mol. The molecule has 0 atom stereocenters. The molecular formula is C32H28FN3O3. The van der Waals surface area contributed by atoms with Gasteiger partial charge in [-0.25, -0.2) is 9.07 Å². The maximum absolute atomic E-state index is 14.7. The minimum absolute atomic E-state index is 0.00809. The summed E-state index contributed by atoms with van der Waals surface area (Å²) >= 11 is 0. The zero-order valence-electron chi connectivity index (χ0n) is 21.8. The van der Waals surface area contributed by atoms with E-state index in [1.54, 1.807) is 28.8 Å². The van der Waals surface area contributed by atoms with Crippen molar-refractivity contribution in [2.45, 2.75) is 20.0 Å². The fourth-order valence-electron chi connectivity index (χ4n) is 4.38. The Labute approximate surface area is 226 Å². The number of carbonyl (C=O) groups excluding carboxylic acids is 1. The van der Waals surface area contributed by atoms with Gasteiger partial charge in [0.15, 0.2) is 11.5 Å². The number of ether oxygens (including phenoxy) is 2. The first-order chi connectivity index (χ1) is 19.0. The van der Waals surface area contributed by atoms with Crippen molar-refractivity contribution in [3.63, 3.8) is 0 Å². The van der Waals surface area contributed by atoms with Crippen molar-refractivity contribution in [3.05, 3.63) is 137 Å². The lowest BCUT2D eigenvalue weighted by molar-refractivity contribution is 0.0724. The van der Waals surface area contributed by atoms with Gasteiger partial charge >= 0.3 is 0 Å². The van der Waals surface area contributed by atoms with E-state index < -0.39 is 11.7 Å². The summed E-state index contributed by atoms with van der Waals surface area (Å²) in [6.07, 6.45) is 0. The van der Waals surface area contributed by atoms with Crippen LogP contribution in [0.2, 0.25) is 0 Å². The van der Waals surface area contributed by atoms with E-state index in [4.69, 9.17) is 14.6 Å². The van der Waals surface area contributed by atoms with Crippen LogP contribution in [-0.2, 0) is 13.1 Å². The first-order valence-corrected chi connectivity index (χ1v) is 12.6. The molecule has 0 aliphatic carbocycles. The molecule has 0 unspecified atom stereocenters. The Balaban J connectivity index is 1.61. The van der Waals surface area contributed by atoms with Crippen LogP contribution in [0, 0.1) is 12.7 Å². The molecule has 6 nitrogen and oxygen atoms in total. The average Bonchev–Trinajstić information content (AvgIpc) is 3.28. The van der Waals surface area contributed by atoms with Gasteiger partial charge in [0.25, 0.3) is 5.91 Å². The molecule has 0 bridgehead atoms. The molecular weight excluding hydrogens is 493 g/mol. The monoisotopic (exact) mass is 521 g/mol. The van der Waals surface area contributed by atoms with Crippen molar-refractivity contribution in [2.75, 3.05) is 7.11 Å². The Kier molecular flexibility index (Phi) is 7.68. The van der Waals surface area contributed by atoms with Crippen molar-refractivity contribution in [3.8, 4) is 23.1 Å². The summed E-state index contributed by atoms with van der Waals surface area (Å²) in [5.74, 6) is 0.524. The summed E-state index contributed by atoms with van der Waals surface area (Å²) < 4.78 is 28.4. The average molecular weight is 522 g/mol. The van der Waals surface area contributed by atoms with E-state index in [0.717, 1.165) is 11.3 Å². The van der Waals surface area contributed by atoms with Gasteiger partial charge in [0.1, 0.15) is 5.82 Å². The predicted octanol–water partition coefficient (Wildman–Crippen LogP) is 6.96. The third-order valence-electron chi connectivity index (χ3n) is 6.37. The number of rotatable bonds is 9. The van der Waals surface area contributed by atoms with Crippen molar-refractivity contribution in [1.29, 1.82) is 0 Å². The van der Waals surface area contributed by atoms with Gasteiger partial charge in [0, 0.05) is 6.54 Å². The van der Waals surface area contributed by atoms with Gasteiger partial charge < -0.3 is 14.4 Å². The zero-order chi connectivity index (χ0) is 27.2. The van der Waals surface area contributed by atoms with Crippen molar-refractivity contribution < 1.29 is 18.7 Å². The fourth-order valence-corrected chi connectivity index (χ4v) is 4.38. The second-order valence-electron chi connectivity index (χ2n) is 9.00. The molecule has 196 valence electrons. The summed E-state index contributed by atoms with van der Waals surface area (Å²) in [7, 11) is 1.58. The van der Waals surface area contributed by atoms with Crippen LogP contribution < -0.4 is 9.47 Å². The molecule has 4 aromatic carbocycles. The molecule has 1 amide bonds. The van der Waals surface area contributed by atoms with E-state index in [9.17, 15) is 9.18 Å². The lowest BCUT2D eigenvalue weighted by Crippen LogP contribution is -2.31. The van der Waals surface area contributed by atoms with Crippen LogP contribution in [0.4, 0.5) is 4.39 Å². The van der Waals surface area contributed by atoms with Gasteiger partial charge in [-0.2, -0.15) is 5.10 Å². The number of amides is 1. The van der Waals surface area contributed by atoms with Gasteiger partial charge in [-0.3, -0.25) is 4.79 Å². The van der Waals surface area contributed by atoms with Gasteiger partial charge in [0.05, 0.1) is 36.2 Å². The highest BCUT2D eigenvalue weighted by atomic mass is 19.1. The molecule has 5 aromatic rings. The minimum atomic E-state index is -0.567. The number of carbonyl (C=O) groups is 1. The van der Waals surface area contributed by atoms with Crippen molar-refractivity contribution in [1.82, 2.24) is 14.7 Å². The minimum Gasteiger partial charge on any atom is -0.493 e. The third-order valence-corrected chi connectivity index (χ3v) is 6.37. The summed E-state index contributed by atoms with van der Waals surface area (Å²) in [6.45, 7) is 2.29. The van der Waals surface area contributed by atoms with E-state index in [1.807, 2.05) is 91.9 Å². The van der Waals surface area contributed by atoms with Crippen LogP contribution >= 0.6 is 0 Å². The summed E-state index contributed by atoms with van der Waals surface area (Å²) in [6, 6.07) is 32.6. The summed E-state index contributed by atoms with van der Waals surface area (Å²) in [4.78, 5) is 15.3. The van der Waals surface area contributed by atoms with Crippen LogP contribution in [0.25, 0.3) is 5.69 Å². The van der Waals surface area contributed by atoms with Crippen LogP contribution in [0.1, 0.15) is 27.2 Å². The smallest absolute Gasteiger partial charge is 0.257 e. The molecule has 0 fully saturated rings. The number of hydrogen-bond donors (Lipinski definition) is 0. The van der Waals surface area contributed by atoms with Gasteiger partial charge in [-0.1, -0.05) is 72.8 Å². The lowest BCUT2D eigenvalue weighted by atomic mass is 10.1. The highest BCUT2D eigenvalue weighted by molar-refractivity contribution is 5.94. The number of aromatic nitrogens is 2. The molecule has 0 saturated heterocycles. The number of aryl methyl sites for hydroxylation is 1. The summed E-state index contributed by atoms with van der Waals surface area (Å²) in [5, 5.41) is 4.78. The first kappa shape index (κ1) is 25.7. The van der Waals surface area contributed by atoms with Gasteiger partial charge in [-0.15, -0.1) is 0 Å².